The summed E-state index contributed by atoms with van der Waals surface area (Å²) in [6, 6.07) is 0. The predicted molar refractivity (Wildman–Crippen MR) is 51.0 cm³/mol. The van der Waals surface area contributed by atoms with Crippen molar-refractivity contribution in [3.63, 3.8) is 0 Å². The van der Waals surface area contributed by atoms with Crippen LogP contribution in [0.1, 0.15) is 57.8 Å². The van der Waals surface area contributed by atoms with E-state index in [2.05, 4.69) is 0 Å². The Morgan fingerprint density at radius 1 is 1.00 bits per heavy atom. The van der Waals surface area contributed by atoms with Gasteiger partial charge in [0.15, 0.2) is 0 Å². The second-order valence-corrected chi connectivity index (χ2v) is 4.18. The number of hydrogen-bond donors (Lipinski definition) is 0. The molecule has 0 aromatic heterocycles. The Balaban J connectivity index is 1.92. The number of hydrogen-bond acceptors (Lipinski definition) is 0. The second-order valence-electron chi connectivity index (χ2n) is 4.18. The molecule has 0 bridgehead atoms. The van der Waals surface area contributed by atoms with Crippen molar-refractivity contribution in [2.45, 2.75) is 64.2 Å². The minimum Gasteiger partial charge on any atom is -0.211 e. The number of alkyl halides is 2. The van der Waals surface area contributed by atoms with Crippen molar-refractivity contribution >= 4 is 0 Å². The Kier molecular flexibility index (Phi) is 5.33. The molecule has 0 radical (unpaired) electrons. The van der Waals surface area contributed by atoms with E-state index >= 15 is 0 Å². The van der Waals surface area contributed by atoms with Crippen LogP contribution in [0.3, 0.4) is 0 Å². The first kappa shape index (κ1) is 10.9. The highest BCUT2D eigenvalue weighted by atomic mass is 19.3. The van der Waals surface area contributed by atoms with Gasteiger partial charge in [-0.1, -0.05) is 44.9 Å². The summed E-state index contributed by atoms with van der Waals surface area (Å²) in [4.78, 5) is 0. The molecule has 1 aliphatic rings. The van der Waals surface area contributed by atoms with Crippen LogP contribution in [0.5, 0.6) is 0 Å². The Hall–Kier alpha value is -0.140. The molecule has 0 unspecified atom stereocenters. The van der Waals surface area contributed by atoms with E-state index in [-0.39, 0.29) is 6.42 Å². The van der Waals surface area contributed by atoms with Gasteiger partial charge in [-0.15, -0.1) is 0 Å². The highest BCUT2D eigenvalue weighted by molar-refractivity contribution is 4.65. The Bertz CT molecular complexity index is 117. The maximum atomic E-state index is 11.8. The molecule has 0 nitrogen and oxygen atoms in total. The monoisotopic (exact) mass is 190 g/mol. The Morgan fingerprint density at radius 3 is 2.31 bits per heavy atom. The molecule has 0 N–H and O–H groups in total. The number of rotatable bonds is 5. The molecule has 2 heteroatoms. The van der Waals surface area contributed by atoms with Gasteiger partial charge >= 0.3 is 0 Å². The second kappa shape index (κ2) is 6.33. The molecule has 0 aromatic rings. The zero-order chi connectivity index (χ0) is 9.52. The van der Waals surface area contributed by atoms with Crippen LogP contribution in [0.4, 0.5) is 8.78 Å². The fourth-order valence-electron chi connectivity index (χ4n) is 2.21. The lowest BCUT2D eigenvalue weighted by Gasteiger charge is -2.21. The van der Waals surface area contributed by atoms with Crippen molar-refractivity contribution in [3.8, 4) is 0 Å². The third kappa shape index (κ3) is 5.22. The van der Waals surface area contributed by atoms with Crippen molar-refractivity contribution < 1.29 is 8.78 Å². The topological polar surface area (TPSA) is 0 Å². The zero-order valence-electron chi connectivity index (χ0n) is 8.27. The van der Waals surface area contributed by atoms with Crippen LogP contribution in [-0.4, -0.2) is 6.43 Å². The van der Waals surface area contributed by atoms with Crippen LogP contribution >= 0.6 is 0 Å². The van der Waals surface area contributed by atoms with Gasteiger partial charge in [0.05, 0.1) is 0 Å². The predicted octanol–water partition coefficient (Wildman–Crippen LogP) is 4.39. The van der Waals surface area contributed by atoms with Gasteiger partial charge in [-0.25, -0.2) is 8.78 Å². The first-order valence-electron chi connectivity index (χ1n) is 5.57. The quantitative estimate of drug-likeness (QED) is 0.564. The van der Waals surface area contributed by atoms with Crippen LogP contribution in [0, 0.1) is 5.92 Å². The summed E-state index contributed by atoms with van der Waals surface area (Å²) < 4.78 is 23.6. The summed E-state index contributed by atoms with van der Waals surface area (Å²) in [6.45, 7) is 0. The fraction of sp³-hybridized carbons (Fsp3) is 1.00. The van der Waals surface area contributed by atoms with E-state index in [1.54, 1.807) is 0 Å². The van der Waals surface area contributed by atoms with Gasteiger partial charge in [0.1, 0.15) is 0 Å². The van der Waals surface area contributed by atoms with Crippen LogP contribution in [-0.2, 0) is 0 Å². The highest BCUT2D eigenvalue weighted by Crippen LogP contribution is 2.28. The first-order chi connectivity index (χ1) is 6.29. The summed E-state index contributed by atoms with van der Waals surface area (Å²) in [6.07, 6.45) is 7.71. The van der Waals surface area contributed by atoms with Crippen LogP contribution in [0.2, 0.25) is 0 Å². The minimum atomic E-state index is -2.09. The SMILES string of the molecule is FC(F)CCCCC1CCCCC1. The summed E-state index contributed by atoms with van der Waals surface area (Å²) >= 11 is 0. The number of unbranched alkanes of at least 4 members (excludes halogenated alkanes) is 1. The molecular formula is C11H20F2. The molecule has 13 heavy (non-hydrogen) atoms. The average molecular weight is 190 g/mol. The van der Waals surface area contributed by atoms with E-state index in [0.29, 0.717) is 6.42 Å². The van der Waals surface area contributed by atoms with Crippen molar-refractivity contribution in [1.82, 2.24) is 0 Å². The first-order valence-corrected chi connectivity index (χ1v) is 5.57. The van der Waals surface area contributed by atoms with Crippen LogP contribution in [0.25, 0.3) is 0 Å². The summed E-state index contributed by atoms with van der Waals surface area (Å²) in [5, 5.41) is 0. The standard InChI is InChI=1S/C11H20F2/c12-11(13)9-5-4-8-10-6-2-1-3-7-10/h10-11H,1-9H2. The van der Waals surface area contributed by atoms with E-state index in [0.717, 1.165) is 12.3 Å². The van der Waals surface area contributed by atoms with E-state index in [1.807, 2.05) is 0 Å². The summed E-state index contributed by atoms with van der Waals surface area (Å²) in [7, 11) is 0. The Morgan fingerprint density at radius 2 is 1.69 bits per heavy atom. The lowest BCUT2D eigenvalue weighted by molar-refractivity contribution is 0.132. The summed E-state index contributed by atoms with van der Waals surface area (Å²) in [5.74, 6) is 0.853. The average Bonchev–Trinajstić information content (AvgIpc) is 2.14. The van der Waals surface area contributed by atoms with Crippen LogP contribution in [0.15, 0.2) is 0 Å². The van der Waals surface area contributed by atoms with Gasteiger partial charge in [-0.3, -0.25) is 0 Å². The lowest BCUT2D eigenvalue weighted by atomic mass is 9.86. The molecule has 1 rings (SSSR count). The molecule has 0 aliphatic heterocycles. The molecular weight excluding hydrogens is 170 g/mol. The normalized spacial score (nSPS) is 19.6. The maximum Gasteiger partial charge on any atom is 0.238 e. The molecule has 0 heterocycles. The zero-order valence-corrected chi connectivity index (χ0v) is 8.27. The van der Waals surface area contributed by atoms with Crippen molar-refractivity contribution in [1.29, 1.82) is 0 Å². The highest BCUT2D eigenvalue weighted by Gasteiger charge is 2.12. The van der Waals surface area contributed by atoms with Gasteiger partial charge in [0.25, 0.3) is 0 Å². The van der Waals surface area contributed by atoms with E-state index in [9.17, 15) is 8.78 Å². The minimum absolute atomic E-state index is 0.104. The number of halogens is 2. The lowest BCUT2D eigenvalue weighted by Crippen LogP contribution is -2.06. The fourth-order valence-corrected chi connectivity index (χ4v) is 2.21. The van der Waals surface area contributed by atoms with Gasteiger partial charge in [0, 0.05) is 6.42 Å². The molecule has 0 atom stereocenters. The molecule has 78 valence electrons. The van der Waals surface area contributed by atoms with Crippen molar-refractivity contribution in [2.75, 3.05) is 0 Å². The van der Waals surface area contributed by atoms with E-state index in [1.165, 1.54) is 38.5 Å². The van der Waals surface area contributed by atoms with Crippen molar-refractivity contribution in [2.24, 2.45) is 5.92 Å². The smallest absolute Gasteiger partial charge is 0.211 e. The van der Waals surface area contributed by atoms with Gasteiger partial charge in [0.2, 0.25) is 6.43 Å². The third-order valence-corrected chi connectivity index (χ3v) is 3.01. The van der Waals surface area contributed by atoms with E-state index < -0.39 is 6.43 Å². The van der Waals surface area contributed by atoms with E-state index in [4.69, 9.17) is 0 Å². The molecule has 1 aliphatic carbocycles. The Labute approximate surface area is 79.7 Å². The molecule has 1 saturated carbocycles. The third-order valence-electron chi connectivity index (χ3n) is 3.01. The molecule has 0 aromatic carbocycles. The van der Waals surface area contributed by atoms with Crippen molar-refractivity contribution in [3.05, 3.63) is 0 Å². The van der Waals surface area contributed by atoms with Gasteiger partial charge in [-0.2, -0.15) is 0 Å². The largest absolute Gasteiger partial charge is 0.238 e. The van der Waals surface area contributed by atoms with Gasteiger partial charge in [-0.05, 0) is 12.3 Å². The molecule has 0 spiro atoms. The van der Waals surface area contributed by atoms with Gasteiger partial charge < -0.3 is 0 Å². The maximum absolute atomic E-state index is 11.8. The molecule has 0 amide bonds. The van der Waals surface area contributed by atoms with Crippen LogP contribution < -0.4 is 0 Å². The molecule has 1 fully saturated rings. The summed E-state index contributed by atoms with van der Waals surface area (Å²) in [5.41, 5.74) is 0. The molecule has 0 saturated heterocycles.